The summed E-state index contributed by atoms with van der Waals surface area (Å²) in [5, 5.41) is 7.36. The fraction of sp³-hybridized carbons (Fsp3) is 0.500. The van der Waals surface area contributed by atoms with Crippen molar-refractivity contribution in [1.29, 1.82) is 0 Å². The Morgan fingerprint density at radius 2 is 2.10 bits per heavy atom. The Bertz CT molecular complexity index is 571. The molecule has 0 bridgehead atoms. The van der Waals surface area contributed by atoms with Crippen molar-refractivity contribution in [2.45, 2.75) is 32.3 Å². The van der Waals surface area contributed by atoms with Gasteiger partial charge in [0.2, 0.25) is 11.7 Å². The van der Waals surface area contributed by atoms with Crippen molar-refractivity contribution in [3.8, 4) is 11.4 Å². The molecule has 21 heavy (non-hydrogen) atoms. The number of ether oxygens (including phenoxy) is 1. The van der Waals surface area contributed by atoms with Crippen LogP contribution in [0, 0.1) is 0 Å². The molecule has 0 spiro atoms. The molecule has 1 N–H and O–H groups in total. The summed E-state index contributed by atoms with van der Waals surface area (Å²) in [4.78, 5) is 4.46. The van der Waals surface area contributed by atoms with Crippen LogP contribution in [-0.2, 0) is 11.2 Å². The van der Waals surface area contributed by atoms with Crippen molar-refractivity contribution in [2.75, 3.05) is 19.7 Å². The summed E-state index contributed by atoms with van der Waals surface area (Å²) >= 11 is 0. The first-order valence-electron chi connectivity index (χ1n) is 7.47. The second kappa shape index (κ2) is 6.37. The fourth-order valence-corrected chi connectivity index (χ4v) is 2.42. The lowest BCUT2D eigenvalue weighted by Crippen LogP contribution is -2.39. The minimum Gasteiger partial charge on any atom is -0.375 e. The molecule has 5 nitrogen and oxygen atoms in total. The van der Waals surface area contributed by atoms with E-state index >= 15 is 0 Å². The third kappa shape index (κ3) is 3.49. The number of morpholine rings is 1. The molecule has 0 amide bonds. The van der Waals surface area contributed by atoms with E-state index in [0.717, 1.165) is 25.3 Å². The van der Waals surface area contributed by atoms with Gasteiger partial charge in [-0.2, -0.15) is 4.98 Å². The van der Waals surface area contributed by atoms with Crippen LogP contribution in [0.2, 0.25) is 0 Å². The topological polar surface area (TPSA) is 60.2 Å². The van der Waals surface area contributed by atoms with Crippen molar-refractivity contribution in [2.24, 2.45) is 0 Å². The first kappa shape index (κ1) is 14.2. The molecule has 0 radical (unpaired) electrons. The average molecular weight is 287 g/mol. The summed E-state index contributed by atoms with van der Waals surface area (Å²) in [5.74, 6) is 1.80. The molecule has 0 saturated carbocycles. The summed E-state index contributed by atoms with van der Waals surface area (Å²) in [6, 6.07) is 8.32. The van der Waals surface area contributed by atoms with Crippen molar-refractivity contribution >= 4 is 0 Å². The highest BCUT2D eigenvalue weighted by Gasteiger charge is 2.18. The molecule has 5 heteroatoms. The van der Waals surface area contributed by atoms with Crippen molar-refractivity contribution in [3.05, 3.63) is 35.7 Å². The smallest absolute Gasteiger partial charge is 0.229 e. The predicted octanol–water partition coefficient (Wildman–Crippen LogP) is 2.39. The summed E-state index contributed by atoms with van der Waals surface area (Å²) < 4.78 is 11.0. The van der Waals surface area contributed by atoms with Gasteiger partial charge in [-0.15, -0.1) is 0 Å². The number of nitrogens with zero attached hydrogens (tertiary/aromatic N) is 2. The number of benzene rings is 1. The van der Waals surface area contributed by atoms with E-state index in [2.05, 4.69) is 41.4 Å². The second-order valence-corrected chi connectivity index (χ2v) is 5.69. The van der Waals surface area contributed by atoms with Crippen LogP contribution in [0.15, 0.2) is 28.8 Å². The van der Waals surface area contributed by atoms with Crippen molar-refractivity contribution < 1.29 is 9.26 Å². The van der Waals surface area contributed by atoms with E-state index < -0.39 is 0 Å². The third-order valence-electron chi connectivity index (χ3n) is 3.71. The monoisotopic (exact) mass is 287 g/mol. The van der Waals surface area contributed by atoms with Gasteiger partial charge >= 0.3 is 0 Å². The van der Waals surface area contributed by atoms with E-state index in [9.17, 15) is 0 Å². The van der Waals surface area contributed by atoms with Crippen LogP contribution in [0.25, 0.3) is 11.4 Å². The summed E-state index contributed by atoms with van der Waals surface area (Å²) in [5.41, 5.74) is 2.29. The van der Waals surface area contributed by atoms with E-state index in [-0.39, 0.29) is 6.10 Å². The number of nitrogens with one attached hydrogen (secondary N) is 1. The largest absolute Gasteiger partial charge is 0.375 e. The molecule has 1 aliphatic heterocycles. The van der Waals surface area contributed by atoms with Crippen molar-refractivity contribution in [1.82, 2.24) is 15.5 Å². The van der Waals surface area contributed by atoms with Crippen LogP contribution < -0.4 is 5.32 Å². The summed E-state index contributed by atoms with van der Waals surface area (Å²) in [6.07, 6.45) is 0.778. The van der Waals surface area contributed by atoms with Crippen LogP contribution in [0.3, 0.4) is 0 Å². The van der Waals surface area contributed by atoms with E-state index in [0.29, 0.717) is 24.1 Å². The van der Waals surface area contributed by atoms with Crippen LogP contribution in [-0.4, -0.2) is 35.9 Å². The lowest BCUT2D eigenvalue weighted by Gasteiger charge is -2.21. The van der Waals surface area contributed by atoms with Gasteiger partial charge in [0.1, 0.15) is 0 Å². The van der Waals surface area contributed by atoms with E-state index in [1.54, 1.807) is 0 Å². The van der Waals surface area contributed by atoms with E-state index in [4.69, 9.17) is 9.26 Å². The SMILES string of the molecule is CC(C)c1ccc(-c2noc(CC3CNCCO3)n2)cc1. The van der Waals surface area contributed by atoms with Crippen LogP contribution >= 0.6 is 0 Å². The Labute approximate surface area is 124 Å². The van der Waals surface area contributed by atoms with Gasteiger partial charge in [0, 0.05) is 18.7 Å². The molecule has 112 valence electrons. The van der Waals surface area contributed by atoms with Crippen LogP contribution in [0.1, 0.15) is 31.2 Å². The molecule has 1 aromatic heterocycles. The highest BCUT2D eigenvalue weighted by molar-refractivity contribution is 5.54. The standard InChI is InChI=1S/C16H21N3O2/c1-11(2)12-3-5-13(6-4-12)16-18-15(21-19-16)9-14-10-17-7-8-20-14/h3-6,11,14,17H,7-10H2,1-2H3. The van der Waals surface area contributed by atoms with E-state index in [1.165, 1.54) is 5.56 Å². The van der Waals surface area contributed by atoms with Crippen molar-refractivity contribution in [3.63, 3.8) is 0 Å². The van der Waals surface area contributed by atoms with Gasteiger partial charge in [0.25, 0.3) is 0 Å². The molecule has 0 aliphatic carbocycles. The zero-order chi connectivity index (χ0) is 14.7. The Morgan fingerprint density at radius 1 is 1.29 bits per heavy atom. The molecule has 1 fully saturated rings. The normalized spacial score (nSPS) is 19.1. The lowest BCUT2D eigenvalue weighted by atomic mass is 10.0. The highest BCUT2D eigenvalue weighted by atomic mass is 16.5. The lowest BCUT2D eigenvalue weighted by molar-refractivity contribution is 0.0246. The molecule has 1 unspecified atom stereocenters. The Balaban J connectivity index is 1.69. The maximum Gasteiger partial charge on any atom is 0.229 e. The first-order valence-corrected chi connectivity index (χ1v) is 7.47. The molecule has 1 atom stereocenters. The molecule has 2 heterocycles. The quantitative estimate of drug-likeness (QED) is 0.935. The number of rotatable bonds is 4. The maximum atomic E-state index is 5.65. The van der Waals surface area contributed by atoms with E-state index in [1.807, 2.05) is 12.1 Å². The second-order valence-electron chi connectivity index (χ2n) is 5.69. The zero-order valence-electron chi connectivity index (χ0n) is 12.5. The fourth-order valence-electron chi connectivity index (χ4n) is 2.42. The predicted molar refractivity (Wildman–Crippen MR) is 80.1 cm³/mol. The molecular weight excluding hydrogens is 266 g/mol. The Morgan fingerprint density at radius 3 is 2.76 bits per heavy atom. The molecule has 2 aromatic rings. The van der Waals surface area contributed by atoms with Crippen LogP contribution in [0.5, 0.6) is 0 Å². The minimum atomic E-state index is 0.121. The van der Waals surface area contributed by atoms with Gasteiger partial charge in [-0.3, -0.25) is 0 Å². The number of hydrogen-bond acceptors (Lipinski definition) is 5. The Kier molecular flexibility index (Phi) is 4.31. The van der Waals surface area contributed by atoms with Crippen LogP contribution in [0.4, 0.5) is 0 Å². The molecule has 3 rings (SSSR count). The van der Waals surface area contributed by atoms with Gasteiger partial charge in [-0.05, 0) is 11.5 Å². The molecular formula is C16H21N3O2. The minimum absolute atomic E-state index is 0.121. The zero-order valence-corrected chi connectivity index (χ0v) is 12.5. The maximum absolute atomic E-state index is 5.65. The number of aromatic nitrogens is 2. The molecule has 1 aliphatic rings. The average Bonchev–Trinajstić information content (AvgIpc) is 2.97. The summed E-state index contributed by atoms with van der Waals surface area (Å²) in [6.45, 7) is 6.84. The number of hydrogen-bond donors (Lipinski definition) is 1. The Hall–Kier alpha value is -1.72. The molecule has 1 aromatic carbocycles. The molecule has 1 saturated heterocycles. The van der Waals surface area contributed by atoms with Gasteiger partial charge in [-0.1, -0.05) is 43.3 Å². The van der Waals surface area contributed by atoms with Gasteiger partial charge in [0.05, 0.1) is 19.1 Å². The first-order chi connectivity index (χ1) is 10.2. The van der Waals surface area contributed by atoms with Gasteiger partial charge in [-0.25, -0.2) is 0 Å². The van der Waals surface area contributed by atoms with Gasteiger partial charge in [0.15, 0.2) is 0 Å². The van der Waals surface area contributed by atoms with Gasteiger partial charge < -0.3 is 14.6 Å². The highest BCUT2D eigenvalue weighted by Crippen LogP contribution is 2.21. The summed E-state index contributed by atoms with van der Waals surface area (Å²) in [7, 11) is 0. The third-order valence-corrected chi connectivity index (χ3v) is 3.71.